The quantitative estimate of drug-likeness (QED) is 0.479. The van der Waals surface area contributed by atoms with Crippen molar-refractivity contribution in [2.45, 2.75) is 18.7 Å². The van der Waals surface area contributed by atoms with Crippen LogP contribution in [0.4, 0.5) is 11.4 Å². The maximum Gasteiger partial charge on any atom is 0.338 e. The lowest BCUT2D eigenvalue weighted by Crippen LogP contribution is -2.16. The van der Waals surface area contributed by atoms with Crippen molar-refractivity contribution in [1.82, 2.24) is 0 Å². The highest BCUT2D eigenvalue weighted by molar-refractivity contribution is 7.92. The minimum atomic E-state index is -4.21. The van der Waals surface area contributed by atoms with Crippen LogP contribution in [0.3, 0.4) is 0 Å². The van der Waals surface area contributed by atoms with Crippen molar-refractivity contribution in [1.29, 1.82) is 0 Å². The first-order chi connectivity index (χ1) is 11.8. The molecule has 1 N–H and O–H groups in total. The average molecular weight is 364 g/mol. The lowest BCUT2D eigenvalue weighted by atomic mass is 10.1. The second-order valence-electron chi connectivity index (χ2n) is 5.08. The zero-order valence-electron chi connectivity index (χ0n) is 13.6. The third kappa shape index (κ3) is 4.13. The number of carbonyl (C=O) groups is 1. The van der Waals surface area contributed by atoms with E-state index in [2.05, 4.69) is 4.72 Å². The Labute approximate surface area is 144 Å². The third-order valence-corrected chi connectivity index (χ3v) is 4.76. The number of hydrogen-bond acceptors (Lipinski definition) is 6. The number of hydrogen-bond donors (Lipinski definition) is 1. The van der Waals surface area contributed by atoms with E-state index in [9.17, 15) is 23.3 Å². The number of ether oxygens (including phenoxy) is 1. The van der Waals surface area contributed by atoms with Crippen LogP contribution in [-0.2, 0) is 14.8 Å². The van der Waals surface area contributed by atoms with E-state index >= 15 is 0 Å². The van der Waals surface area contributed by atoms with Gasteiger partial charge in [0.15, 0.2) is 4.90 Å². The van der Waals surface area contributed by atoms with Gasteiger partial charge in [-0.3, -0.25) is 14.8 Å². The Hall–Kier alpha value is -2.94. The van der Waals surface area contributed by atoms with E-state index in [0.29, 0.717) is 5.56 Å². The van der Waals surface area contributed by atoms with Gasteiger partial charge < -0.3 is 4.74 Å². The molecule has 0 unspecified atom stereocenters. The molecule has 0 saturated heterocycles. The number of nitro groups is 1. The lowest BCUT2D eigenvalue weighted by molar-refractivity contribution is -0.387. The maximum atomic E-state index is 12.6. The molecule has 0 radical (unpaired) electrons. The van der Waals surface area contributed by atoms with Crippen LogP contribution in [0.1, 0.15) is 22.8 Å². The Morgan fingerprint density at radius 3 is 2.56 bits per heavy atom. The topological polar surface area (TPSA) is 116 Å². The minimum absolute atomic E-state index is 0.142. The van der Waals surface area contributed by atoms with E-state index in [0.717, 1.165) is 12.1 Å². The largest absolute Gasteiger partial charge is 0.462 e. The molecule has 25 heavy (non-hydrogen) atoms. The van der Waals surface area contributed by atoms with E-state index < -0.39 is 31.5 Å². The van der Waals surface area contributed by atoms with Crippen LogP contribution in [0.15, 0.2) is 47.4 Å². The Morgan fingerprint density at radius 1 is 1.24 bits per heavy atom. The smallest absolute Gasteiger partial charge is 0.338 e. The Morgan fingerprint density at radius 2 is 1.92 bits per heavy atom. The van der Waals surface area contributed by atoms with E-state index in [4.69, 9.17) is 4.74 Å². The van der Waals surface area contributed by atoms with Crippen LogP contribution in [-0.4, -0.2) is 25.9 Å². The number of nitrogens with one attached hydrogen (secondary N) is 1. The molecule has 2 aromatic rings. The number of benzene rings is 2. The number of para-hydroxylation sites is 1. The van der Waals surface area contributed by atoms with Crippen molar-refractivity contribution in [3.63, 3.8) is 0 Å². The van der Waals surface area contributed by atoms with Gasteiger partial charge in [-0.15, -0.1) is 0 Å². The number of carbonyl (C=O) groups excluding carboxylic acids is 1. The summed E-state index contributed by atoms with van der Waals surface area (Å²) in [6, 6.07) is 9.42. The number of nitrogens with zero attached hydrogens (tertiary/aromatic N) is 1. The van der Waals surface area contributed by atoms with Gasteiger partial charge in [-0.2, -0.15) is 0 Å². The zero-order chi connectivity index (χ0) is 18.6. The molecule has 2 rings (SSSR count). The highest BCUT2D eigenvalue weighted by atomic mass is 32.2. The SMILES string of the molecule is CCOC(=O)c1ccc(C)c(NS(=O)(=O)c2ccccc2[N+](=O)[O-])c1. The summed E-state index contributed by atoms with van der Waals surface area (Å²) in [5.74, 6) is -0.589. The van der Waals surface area contributed by atoms with Gasteiger partial charge in [-0.05, 0) is 37.6 Å². The second-order valence-corrected chi connectivity index (χ2v) is 6.73. The van der Waals surface area contributed by atoms with Gasteiger partial charge in [0.2, 0.25) is 0 Å². The summed E-state index contributed by atoms with van der Waals surface area (Å²) in [7, 11) is -4.21. The fraction of sp³-hybridized carbons (Fsp3) is 0.188. The number of sulfonamides is 1. The standard InChI is InChI=1S/C16H16N2O6S/c1-3-24-16(19)12-9-8-11(2)13(10-12)17-25(22,23)15-7-5-4-6-14(15)18(20)21/h4-10,17H,3H2,1-2H3. The minimum Gasteiger partial charge on any atom is -0.462 e. The summed E-state index contributed by atoms with van der Waals surface area (Å²) >= 11 is 0. The van der Waals surface area contributed by atoms with Crippen molar-refractivity contribution in [2.24, 2.45) is 0 Å². The maximum absolute atomic E-state index is 12.6. The van der Waals surface area contributed by atoms with Gasteiger partial charge in [0.25, 0.3) is 15.7 Å². The molecule has 0 heterocycles. The molecule has 0 saturated carbocycles. The predicted molar refractivity (Wildman–Crippen MR) is 91.0 cm³/mol. The molecule has 0 fully saturated rings. The summed E-state index contributed by atoms with van der Waals surface area (Å²) in [5, 5.41) is 11.1. The Balaban J connectivity index is 2.43. The van der Waals surface area contributed by atoms with E-state index in [1.54, 1.807) is 19.9 Å². The number of rotatable bonds is 6. The molecule has 8 nitrogen and oxygen atoms in total. The number of aryl methyl sites for hydroxylation is 1. The van der Waals surface area contributed by atoms with Gasteiger partial charge in [0, 0.05) is 6.07 Å². The first-order valence-electron chi connectivity index (χ1n) is 7.30. The molecule has 0 aliphatic rings. The van der Waals surface area contributed by atoms with Crippen molar-refractivity contribution < 1.29 is 22.9 Å². The fourth-order valence-electron chi connectivity index (χ4n) is 2.11. The van der Waals surface area contributed by atoms with E-state index in [-0.39, 0.29) is 17.9 Å². The van der Waals surface area contributed by atoms with Crippen LogP contribution < -0.4 is 4.72 Å². The highest BCUT2D eigenvalue weighted by Crippen LogP contribution is 2.27. The van der Waals surface area contributed by atoms with Crippen LogP contribution in [0.25, 0.3) is 0 Å². The molecule has 9 heteroatoms. The first kappa shape index (κ1) is 18.4. The zero-order valence-corrected chi connectivity index (χ0v) is 14.4. The first-order valence-corrected chi connectivity index (χ1v) is 8.78. The Bertz CT molecular complexity index is 924. The molecule has 2 aromatic carbocycles. The lowest BCUT2D eigenvalue weighted by Gasteiger charge is -2.12. The van der Waals surface area contributed by atoms with E-state index in [1.807, 2.05) is 0 Å². The van der Waals surface area contributed by atoms with Gasteiger partial charge in [0.1, 0.15) is 0 Å². The van der Waals surface area contributed by atoms with Gasteiger partial charge in [-0.25, -0.2) is 13.2 Å². The summed E-state index contributed by atoms with van der Waals surface area (Å²) in [4.78, 5) is 21.6. The fourth-order valence-corrected chi connectivity index (χ4v) is 3.40. The second kappa shape index (κ2) is 7.31. The molecule has 0 atom stereocenters. The molecular formula is C16H16N2O6S. The van der Waals surface area contributed by atoms with Gasteiger partial charge in [-0.1, -0.05) is 18.2 Å². The molecule has 0 bridgehead atoms. The van der Waals surface area contributed by atoms with Gasteiger partial charge >= 0.3 is 5.97 Å². The molecule has 0 aliphatic heterocycles. The molecule has 0 amide bonds. The molecule has 0 spiro atoms. The number of nitro benzene ring substituents is 1. The monoisotopic (exact) mass is 364 g/mol. The van der Waals surface area contributed by atoms with Crippen molar-refractivity contribution >= 4 is 27.4 Å². The number of esters is 1. The van der Waals surface area contributed by atoms with Crippen LogP contribution in [0, 0.1) is 17.0 Å². The van der Waals surface area contributed by atoms with Gasteiger partial charge in [0.05, 0.1) is 22.8 Å². The average Bonchev–Trinajstić information content (AvgIpc) is 2.57. The van der Waals surface area contributed by atoms with E-state index in [1.165, 1.54) is 24.3 Å². The van der Waals surface area contributed by atoms with Crippen molar-refractivity contribution in [2.75, 3.05) is 11.3 Å². The molecule has 0 aliphatic carbocycles. The normalized spacial score (nSPS) is 11.0. The Kier molecular flexibility index (Phi) is 5.38. The van der Waals surface area contributed by atoms with Crippen molar-refractivity contribution in [3.8, 4) is 0 Å². The summed E-state index contributed by atoms with van der Waals surface area (Å²) in [5.41, 5.74) is 0.334. The van der Waals surface area contributed by atoms with Crippen LogP contribution >= 0.6 is 0 Å². The molecular weight excluding hydrogens is 348 g/mol. The van der Waals surface area contributed by atoms with Crippen molar-refractivity contribution in [3.05, 3.63) is 63.7 Å². The third-order valence-electron chi connectivity index (χ3n) is 3.34. The number of anilines is 1. The predicted octanol–water partition coefficient (Wildman–Crippen LogP) is 2.88. The summed E-state index contributed by atoms with van der Waals surface area (Å²) in [6.45, 7) is 3.49. The highest BCUT2D eigenvalue weighted by Gasteiger charge is 2.25. The summed E-state index contributed by atoms with van der Waals surface area (Å²) < 4.78 is 32.3. The summed E-state index contributed by atoms with van der Waals surface area (Å²) in [6.07, 6.45) is 0. The van der Waals surface area contributed by atoms with Crippen LogP contribution in [0.2, 0.25) is 0 Å². The molecule has 132 valence electrons. The molecule has 0 aromatic heterocycles. The van der Waals surface area contributed by atoms with Crippen LogP contribution in [0.5, 0.6) is 0 Å².